The van der Waals surface area contributed by atoms with Crippen molar-refractivity contribution in [3.8, 4) is 22.4 Å². The van der Waals surface area contributed by atoms with Crippen LogP contribution >= 0.6 is 0 Å². The van der Waals surface area contributed by atoms with Crippen LogP contribution in [0.4, 0.5) is 13.2 Å². The molecule has 1 atom stereocenters. The Balaban J connectivity index is 1.98. The highest BCUT2D eigenvalue weighted by molar-refractivity contribution is 5.98. The van der Waals surface area contributed by atoms with Crippen molar-refractivity contribution >= 4 is 5.91 Å². The first-order valence-corrected chi connectivity index (χ1v) is 9.21. The van der Waals surface area contributed by atoms with Gasteiger partial charge in [0.05, 0.1) is 17.3 Å². The van der Waals surface area contributed by atoms with Crippen LogP contribution in [0.5, 0.6) is 0 Å². The fourth-order valence-corrected chi connectivity index (χ4v) is 3.78. The summed E-state index contributed by atoms with van der Waals surface area (Å²) in [7, 11) is 0. The number of aromatic nitrogens is 2. The molecule has 3 N–H and O–H groups in total. The Hall–Kier alpha value is -3.13. The fourth-order valence-electron chi connectivity index (χ4n) is 3.78. The Morgan fingerprint density at radius 1 is 1.14 bits per heavy atom. The second-order valence-corrected chi connectivity index (χ2v) is 6.92. The molecule has 1 unspecified atom stereocenters. The molecule has 3 heterocycles. The Labute approximate surface area is 165 Å². The molecule has 29 heavy (non-hydrogen) atoms. The van der Waals surface area contributed by atoms with Crippen molar-refractivity contribution in [2.45, 2.75) is 18.6 Å². The van der Waals surface area contributed by atoms with E-state index >= 15 is 0 Å². The normalized spacial score (nSPS) is 16.4. The van der Waals surface area contributed by atoms with Crippen molar-refractivity contribution in [1.82, 2.24) is 14.9 Å². The summed E-state index contributed by atoms with van der Waals surface area (Å²) in [4.78, 5) is 16.6. The molecule has 5 nitrogen and oxygen atoms in total. The molecule has 3 aromatic rings. The van der Waals surface area contributed by atoms with Crippen LogP contribution in [0.3, 0.4) is 0 Å². The summed E-state index contributed by atoms with van der Waals surface area (Å²) in [5, 5.41) is 2.84. The van der Waals surface area contributed by atoms with E-state index in [1.165, 1.54) is 6.07 Å². The third-order valence-electron chi connectivity index (χ3n) is 5.09. The summed E-state index contributed by atoms with van der Waals surface area (Å²) in [6.45, 7) is 0.838. The number of nitrogens with two attached hydrogens (primary N) is 1. The van der Waals surface area contributed by atoms with Crippen LogP contribution in [0.15, 0.2) is 54.9 Å². The molecule has 1 amide bonds. The molecule has 0 saturated carbocycles. The summed E-state index contributed by atoms with van der Waals surface area (Å²) < 4.78 is 41.7. The van der Waals surface area contributed by atoms with Gasteiger partial charge in [0.15, 0.2) is 0 Å². The third kappa shape index (κ3) is 3.51. The van der Waals surface area contributed by atoms with Gasteiger partial charge >= 0.3 is 6.18 Å². The number of alkyl halides is 3. The predicted molar refractivity (Wildman–Crippen MR) is 103 cm³/mol. The summed E-state index contributed by atoms with van der Waals surface area (Å²) in [6.07, 6.45) is -0.591. The molecule has 4 rings (SSSR count). The molecule has 1 aliphatic rings. The predicted octanol–water partition coefficient (Wildman–Crippen LogP) is 3.87. The maximum Gasteiger partial charge on any atom is 0.416 e. The van der Waals surface area contributed by atoms with Crippen LogP contribution < -0.4 is 11.1 Å². The molecule has 0 radical (unpaired) electrons. The maximum absolute atomic E-state index is 13.3. The second kappa shape index (κ2) is 7.36. The minimum Gasteiger partial charge on any atom is -0.349 e. The van der Waals surface area contributed by atoms with Gasteiger partial charge in [0.25, 0.3) is 5.91 Å². The molecular formula is C21H19F3N4O. The number of carbonyl (C=O) groups is 1. The van der Waals surface area contributed by atoms with Gasteiger partial charge in [-0.1, -0.05) is 12.1 Å². The average molecular weight is 400 g/mol. The lowest BCUT2D eigenvalue weighted by Gasteiger charge is -2.28. The molecule has 2 aromatic heterocycles. The topological polar surface area (TPSA) is 72.9 Å². The lowest BCUT2D eigenvalue weighted by atomic mass is 9.99. The van der Waals surface area contributed by atoms with Gasteiger partial charge in [-0.2, -0.15) is 13.2 Å². The SMILES string of the molecule is NCCC1CNC(=O)c2cc(-c3cccc(C(F)(F)F)c3)c(-c3ccncc3)n21. The molecule has 150 valence electrons. The minimum absolute atomic E-state index is 0.0876. The van der Waals surface area contributed by atoms with Gasteiger partial charge < -0.3 is 15.6 Å². The molecular weight excluding hydrogens is 381 g/mol. The first-order valence-electron chi connectivity index (χ1n) is 9.21. The molecule has 0 bridgehead atoms. The molecule has 0 fully saturated rings. The number of pyridine rings is 1. The molecule has 0 spiro atoms. The number of hydrogen-bond donors (Lipinski definition) is 2. The monoisotopic (exact) mass is 400 g/mol. The Bertz CT molecular complexity index is 1040. The van der Waals surface area contributed by atoms with Crippen LogP contribution in [-0.4, -0.2) is 28.5 Å². The summed E-state index contributed by atoms with van der Waals surface area (Å²) in [5.41, 5.74) is 7.87. The van der Waals surface area contributed by atoms with Crippen molar-refractivity contribution in [3.05, 3.63) is 66.1 Å². The first kappa shape index (κ1) is 19.2. The van der Waals surface area contributed by atoms with Gasteiger partial charge in [-0.3, -0.25) is 9.78 Å². The van der Waals surface area contributed by atoms with Crippen LogP contribution in [0.1, 0.15) is 28.5 Å². The Morgan fingerprint density at radius 2 is 1.90 bits per heavy atom. The van der Waals surface area contributed by atoms with E-state index in [2.05, 4.69) is 10.3 Å². The van der Waals surface area contributed by atoms with E-state index in [-0.39, 0.29) is 11.9 Å². The standard InChI is InChI=1S/C21H19F3N4O/c22-21(23,24)15-3-1-2-14(10-15)17-11-18-20(29)27-12-16(4-7-25)28(18)19(17)13-5-8-26-9-6-13/h1-3,5-6,8-11,16H,4,7,12,25H2,(H,27,29). The first-order chi connectivity index (χ1) is 13.9. The molecule has 0 saturated heterocycles. The van der Waals surface area contributed by atoms with Gasteiger partial charge in [-0.25, -0.2) is 0 Å². The number of fused-ring (bicyclic) bond motifs is 1. The highest BCUT2D eigenvalue weighted by Gasteiger charge is 2.33. The zero-order valence-electron chi connectivity index (χ0n) is 15.4. The minimum atomic E-state index is -4.45. The summed E-state index contributed by atoms with van der Waals surface area (Å²) in [6, 6.07) is 10.3. The quantitative estimate of drug-likeness (QED) is 0.698. The number of nitrogens with one attached hydrogen (secondary N) is 1. The van der Waals surface area contributed by atoms with Gasteiger partial charge in [0.1, 0.15) is 5.69 Å². The van der Waals surface area contributed by atoms with Crippen molar-refractivity contribution in [1.29, 1.82) is 0 Å². The molecule has 1 aromatic carbocycles. The lowest BCUT2D eigenvalue weighted by molar-refractivity contribution is -0.137. The molecule has 0 aliphatic carbocycles. The fraction of sp³-hybridized carbons (Fsp3) is 0.238. The number of hydrogen-bond acceptors (Lipinski definition) is 3. The van der Waals surface area contributed by atoms with Crippen molar-refractivity contribution < 1.29 is 18.0 Å². The van der Waals surface area contributed by atoms with Crippen molar-refractivity contribution in [3.63, 3.8) is 0 Å². The van der Waals surface area contributed by atoms with Crippen LogP contribution in [0.2, 0.25) is 0 Å². The summed E-state index contributed by atoms with van der Waals surface area (Å²) in [5.74, 6) is -0.258. The van der Waals surface area contributed by atoms with Crippen LogP contribution in [0, 0.1) is 0 Å². The van der Waals surface area contributed by atoms with Gasteiger partial charge in [0.2, 0.25) is 0 Å². The molecule has 1 aliphatic heterocycles. The van der Waals surface area contributed by atoms with E-state index < -0.39 is 11.7 Å². The van der Waals surface area contributed by atoms with E-state index in [0.717, 1.165) is 17.7 Å². The smallest absolute Gasteiger partial charge is 0.349 e. The zero-order chi connectivity index (χ0) is 20.6. The number of rotatable bonds is 4. The highest BCUT2D eigenvalue weighted by Crippen LogP contribution is 2.40. The largest absolute Gasteiger partial charge is 0.416 e. The van der Waals surface area contributed by atoms with Crippen molar-refractivity contribution in [2.24, 2.45) is 5.73 Å². The van der Waals surface area contributed by atoms with Crippen LogP contribution in [0.25, 0.3) is 22.4 Å². The van der Waals surface area contributed by atoms with Gasteiger partial charge in [-0.05, 0) is 48.9 Å². The van der Waals surface area contributed by atoms with E-state index in [0.29, 0.717) is 42.0 Å². The van der Waals surface area contributed by atoms with E-state index in [9.17, 15) is 18.0 Å². The number of benzene rings is 1. The van der Waals surface area contributed by atoms with Gasteiger partial charge in [-0.15, -0.1) is 0 Å². The number of nitrogens with zero attached hydrogens (tertiary/aromatic N) is 2. The van der Waals surface area contributed by atoms with Gasteiger partial charge in [0, 0.05) is 30.1 Å². The molecule has 8 heteroatoms. The zero-order valence-corrected chi connectivity index (χ0v) is 15.4. The average Bonchev–Trinajstić information content (AvgIpc) is 3.12. The number of amides is 1. The highest BCUT2D eigenvalue weighted by atomic mass is 19.4. The van der Waals surface area contributed by atoms with E-state index in [4.69, 9.17) is 5.73 Å². The van der Waals surface area contributed by atoms with E-state index in [1.54, 1.807) is 36.7 Å². The lowest BCUT2D eigenvalue weighted by Crippen LogP contribution is -2.39. The third-order valence-corrected chi connectivity index (χ3v) is 5.09. The van der Waals surface area contributed by atoms with Crippen LogP contribution in [-0.2, 0) is 6.18 Å². The van der Waals surface area contributed by atoms with Crippen molar-refractivity contribution in [2.75, 3.05) is 13.1 Å². The number of halogens is 3. The Morgan fingerprint density at radius 3 is 2.59 bits per heavy atom. The maximum atomic E-state index is 13.3. The second-order valence-electron chi connectivity index (χ2n) is 6.92. The van der Waals surface area contributed by atoms with E-state index in [1.807, 2.05) is 4.57 Å². The summed E-state index contributed by atoms with van der Waals surface area (Å²) >= 11 is 0. The number of carbonyl (C=O) groups excluding carboxylic acids is 1. The Kier molecular flexibility index (Phi) is 4.87.